The molecule has 4 aromatic rings. The average Bonchev–Trinajstić information content (AvgIpc) is 3.62. The first-order chi connectivity index (χ1) is 20.2. The lowest BCUT2D eigenvalue weighted by atomic mass is 10.0. The van der Waals surface area contributed by atoms with E-state index < -0.39 is 33.5 Å². The molecule has 0 bridgehead atoms. The van der Waals surface area contributed by atoms with Gasteiger partial charge in [-0.2, -0.15) is 0 Å². The molecule has 43 heavy (non-hydrogen) atoms. The number of ether oxygens (including phenoxy) is 1. The van der Waals surface area contributed by atoms with E-state index >= 15 is 0 Å². The number of rotatable bonds is 9. The lowest BCUT2D eigenvalue weighted by Gasteiger charge is -2.24. The van der Waals surface area contributed by atoms with Gasteiger partial charge in [-0.05, 0) is 56.2 Å². The molecule has 3 amide bonds. The topological polar surface area (TPSA) is 153 Å². The highest BCUT2D eigenvalue weighted by Gasteiger charge is 2.20. The summed E-state index contributed by atoms with van der Waals surface area (Å²) in [6, 6.07) is 12.9. The van der Waals surface area contributed by atoms with Gasteiger partial charge in [0.25, 0.3) is 5.91 Å². The van der Waals surface area contributed by atoms with Crippen molar-refractivity contribution in [1.29, 1.82) is 0 Å². The Labute approximate surface area is 253 Å². The van der Waals surface area contributed by atoms with Crippen LogP contribution in [0.4, 0.5) is 9.93 Å². The molecule has 0 spiro atoms. The Balaban J connectivity index is 1.37. The second-order valence-corrected chi connectivity index (χ2v) is 13.5. The standard InChI is InChI=1S/C29H32N6O6S2/c1-29(2,3)41-28(38)34(4)17-23-14-20(9-11-30-23)19-7-6-8-21(13-19)24-18-42-27(32-24)33-25(36)15-31-26(37)22-10-12-35(16-22)43(5,39)40/h6-14,16,18H,15,17H2,1-5H3,(H,31,37)(H,32,33,36). The Bertz CT molecular complexity index is 1760. The average molecular weight is 625 g/mol. The summed E-state index contributed by atoms with van der Waals surface area (Å²) in [5, 5.41) is 7.30. The number of nitrogens with zero attached hydrogens (tertiary/aromatic N) is 4. The highest BCUT2D eigenvalue weighted by Crippen LogP contribution is 2.29. The van der Waals surface area contributed by atoms with Gasteiger partial charge in [0.05, 0.1) is 36.3 Å². The maximum atomic E-state index is 12.4. The SMILES string of the molecule is CN(Cc1cc(-c2cccc(-c3csc(NC(=O)CNC(=O)c4ccn(S(C)(=O)=O)c4)n3)c2)ccn1)C(=O)OC(C)(C)C. The van der Waals surface area contributed by atoms with Crippen LogP contribution < -0.4 is 10.6 Å². The minimum Gasteiger partial charge on any atom is -0.444 e. The Morgan fingerprint density at radius 3 is 2.49 bits per heavy atom. The van der Waals surface area contributed by atoms with E-state index in [9.17, 15) is 22.8 Å². The third-order valence-electron chi connectivity index (χ3n) is 5.89. The van der Waals surface area contributed by atoms with Crippen LogP contribution in [0.25, 0.3) is 22.4 Å². The molecule has 0 fully saturated rings. The zero-order chi connectivity index (χ0) is 31.4. The molecule has 3 heterocycles. The molecule has 0 saturated carbocycles. The maximum Gasteiger partial charge on any atom is 0.410 e. The molecular weight excluding hydrogens is 592 g/mol. The highest BCUT2D eigenvalue weighted by atomic mass is 32.2. The molecule has 0 aliphatic rings. The van der Waals surface area contributed by atoms with Crippen molar-refractivity contribution in [3.05, 3.63) is 77.7 Å². The Hall–Kier alpha value is -4.56. The van der Waals surface area contributed by atoms with Crippen LogP contribution >= 0.6 is 11.3 Å². The fraction of sp³-hybridized carbons (Fsp3) is 0.276. The van der Waals surface area contributed by atoms with Gasteiger partial charge in [0.1, 0.15) is 5.60 Å². The molecule has 0 aliphatic carbocycles. The smallest absolute Gasteiger partial charge is 0.410 e. The van der Waals surface area contributed by atoms with Crippen molar-refractivity contribution in [2.45, 2.75) is 32.9 Å². The minimum atomic E-state index is -3.51. The van der Waals surface area contributed by atoms with Gasteiger partial charge in [0.15, 0.2) is 5.13 Å². The summed E-state index contributed by atoms with van der Waals surface area (Å²) in [5.41, 5.74) is 3.56. The number of thiazole rings is 1. The number of hydrogen-bond acceptors (Lipinski definition) is 9. The normalized spacial score (nSPS) is 11.6. The fourth-order valence-electron chi connectivity index (χ4n) is 3.86. The number of hydrogen-bond donors (Lipinski definition) is 2. The Morgan fingerprint density at radius 2 is 1.79 bits per heavy atom. The van der Waals surface area contributed by atoms with Crippen molar-refractivity contribution in [3.8, 4) is 22.4 Å². The summed E-state index contributed by atoms with van der Waals surface area (Å²) in [4.78, 5) is 47.4. The predicted molar refractivity (Wildman–Crippen MR) is 164 cm³/mol. The van der Waals surface area contributed by atoms with E-state index in [2.05, 4.69) is 20.6 Å². The van der Waals surface area contributed by atoms with Crippen LogP contribution in [0.15, 0.2) is 66.4 Å². The summed E-state index contributed by atoms with van der Waals surface area (Å²) in [6.07, 6.45) is 4.72. The third kappa shape index (κ3) is 8.72. The van der Waals surface area contributed by atoms with Crippen molar-refractivity contribution in [2.75, 3.05) is 25.2 Å². The number of carbonyl (C=O) groups is 3. The van der Waals surface area contributed by atoms with Crippen LogP contribution in [0.1, 0.15) is 36.8 Å². The molecular formula is C29H32N6O6S2. The monoisotopic (exact) mass is 624 g/mol. The molecule has 0 radical (unpaired) electrons. The van der Waals surface area contributed by atoms with E-state index in [0.717, 1.165) is 26.9 Å². The lowest BCUT2D eigenvalue weighted by molar-refractivity contribution is -0.115. The largest absolute Gasteiger partial charge is 0.444 e. The van der Waals surface area contributed by atoms with E-state index in [1.54, 1.807) is 13.2 Å². The van der Waals surface area contributed by atoms with Gasteiger partial charge >= 0.3 is 6.09 Å². The third-order valence-corrected chi connectivity index (χ3v) is 7.64. The number of benzene rings is 1. The van der Waals surface area contributed by atoms with Gasteiger partial charge in [-0.1, -0.05) is 18.2 Å². The molecule has 14 heteroatoms. The summed E-state index contributed by atoms with van der Waals surface area (Å²) in [7, 11) is -1.85. The maximum absolute atomic E-state index is 12.4. The second-order valence-electron chi connectivity index (χ2n) is 10.7. The molecule has 0 unspecified atom stereocenters. The van der Waals surface area contributed by atoms with Crippen LogP contribution in [0.5, 0.6) is 0 Å². The van der Waals surface area contributed by atoms with Crippen LogP contribution in [0.2, 0.25) is 0 Å². The van der Waals surface area contributed by atoms with Gasteiger partial charge in [-0.15, -0.1) is 11.3 Å². The molecule has 3 aromatic heterocycles. The number of aromatic nitrogens is 3. The van der Waals surface area contributed by atoms with E-state index in [0.29, 0.717) is 16.5 Å². The van der Waals surface area contributed by atoms with Crippen LogP contribution in [-0.4, -0.2) is 70.6 Å². The van der Waals surface area contributed by atoms with E-state index in [-0.39, 0.29) is 18.7 Å². The van der Waals surface area contributed by atoms with Gasteiger partial charge in [0.2, 0.25) is 15.9 Å². The number of anilines is 1. The highest BCUT2D eigenvalue weighted by molar-refractivity contribution is 7.89. The molecule has 12 nitrogen and oxygen atoms in total. The van der Waals surface area contributed by atoms with E-state index in [4.69, 9.17) is 4.74 Å². The van der Waals surface area contributed by atoms with E-state index in [1.165, 1.54) is 34.7 Å². The summed E-state index contributed by atoms with van der Waals surface area (Å²) >= 11 is 1.24. The van der Waals surface area contributed by atoms with Crippen LogP contribution in [0.3, 0.4) is 0 Å². The van der Waals surface area contributed by atoms with Crippen molar-refractivity contribution < 1.29 is 27.5 Å². The van der Waals surface area contributed by atoms with Gasteiger partial charge < -0.3 is 20.3 Å². The summed E-state index contributed by atoms with van der Waals surface area (Å²) < 4.78 is 29.5. The van der Waals surface area contributed by atoms with Crippen molar-refractivity contribution in [3.63, 3.8) is 0 Å². The molecule has 226 valence electrons. The van der Waals surface area contributed by atoms with Crippen molar-refractivity contribution in [1.82, 2.24) is 24.2 Å². The molecule has 2 N–H and O–H groups in total. The summed E-state index contributed by atoms with van der Waals surface area (Å²) in [5.74, 6) is -1.06. The summed E-state index contributed by atoms with van der Waals surface area (Å²) in [6.45, 7) is 5.41. The quantitative estimate of drug-likeness (QED) is 0.281. The van der Waals surface area contributed by atoms with E-state index in [1.807, 2.05) is 62.5 Å². The first-order valence-corrected chi connectivity index (χ1v) is 15.8. The lowest BCUT2D eigenvalue weighted by Crippen LogP contribution is -2.34. The van der Waals surface area contributed by atoms with Gasteiger partial charge in [-0.25, -0.2) is 18.2 Å². The minimum absolute atomic E-state index is 0.117. The predicted octanol–water partition coefficient (Wildman–Crippen LogP) is 4.22. The fourth-order valence-corrected chi connectivity index (χ4v) is 5.18. The number of nitrogens with one attached hydrogen (secondary N) is 2. The Morgan fingerprint density at radius 1 is 1.07 bits per heavy atom. The van der Waals surface area contributed by atoms with Crippen molar-refractivity contribution in [2.24, 2.45) is 0 Å². The zero-order valence-corrected chi connectivity index (χ0v) is 26.0. The molecule has 1 aromatic carbocycles. The first kappa shape index (κ1) is 31.4. The molecule has 0 atom stereocenters. The number of amides is 3. The zero-order valence-electron chi connectivity index (χ0n) is 24.3. The number of pyridine rings is 1. The molecule has 0 saturated heterocycles. The Kier molecular flexibility index (Phi) is 9.30. The first-order valence-electron chi connectivity index (χ1n) is 13.1. The molecule has 0 aliphatic heterocycles. The van der Waals surface area contributed by atoms with Crippen LogP contribution in [0, 0.1) is 0 Å². The molecule has 4 rings (SSSR count). The van der Waals surface area contributed by atoms with Crippen molar-refractivity contribution >= 4 is 44.4 Å². The van der Waals surface area contributed by atoms with Gasteiger partial charge in [-0.3, -0.25) is 18.5 Å². The van der Waals surface area contributed by atoms with Crippen LogP contribution in [-0.2, 0) is 26.1 Å². The van der Waals surface area contributed by atoms with Gasteiger partial charge in [0, 0.05) is 36.6 Å². The number of carbonyl (C=O) groups excluding carboxylic acids is 3. The second kappa shape index (κ2) is 12.8.